The van der Waals surface area contributed by atoms with Crippen LogP contribution in [0.5, 0.6) is 0 Å². The number of hydrogen-bond donors (Lipinski definition) is 2. The van der Waals surface area contributed by atoms with E-state index in [1.807, 2.05) is 24.3 Å². The van der Waals surface area contributed by atoms with Crippen LogP contribution in [0.2, 0.25) is 0 Å². The predicted octanol–water partition coefficient (Wildman–Crippen LogP) is -0.0113. The fraction of sp³-hybridized carbons (Fsp3) is 0.273. The normalized spacial score (nSPS) is 10.3. The molecule has 0 bridgehead atoms. The van der Waals surface area contributed by atoms with Gasteiger partial charge in [0, 0.05) is 13.3 Å². The summed E-state index contributed by atoms with van der Waals surface area (Å²) in [6, 6.07) is 7.52. The fourth-order valence-corrected chi connectivity index (χ4v) is 1.51. The van der Waals surface area contributed by atoms with Crippen LogP contribution in [-0.4, -0.2) is 26.8 Å². The average molecular weight is 247 g/mol. The maximum atomic E-state index is 11.4. The van der Waals surface area contributed by atoms with Crippen molar-refractivity contribution in [1.29, 1.82) is 0 Å². The van der Waals surface area contributed by atoms with Crippen LogP contribution >= 0.6 is 0 Å². The van der Waals surface area contributed by atoms with Gasteiger partial charge in [-0.05, 0) is 12.1 Å². The third-order valence-electron chi connectivity index (χ3n) is 2.35. The van der Waals surface area contributed by atoms with E-state index in [0.717, 1.165) is 11.0 Å². The van der Waals surface area contributed by atoms with Gasteiger partial charge in [-0.3, -0.25) is 20.4 Å². The van der Waals surface area contributed by atoms with Gasteiger partial charge in [-0.1, -0.05) is 17.3 Å². The maximum absolute atomic E-state index is 11.4. The van der Waals surface area contributed by atoms with E-state index in [1.54, 1.807) is 4.68 Å². The number of amides is 2. The lowest BCUT2D eigenvalue weighted by atomic mass is 10.3. The molecule has 2 amide bonds. The van der Waals surface area contributed by atoms with Crippen LogP contribution in [-0.2, 0) is 16.1 Å². The van der Waals surface area contributed by atoms with E-state index in [2.05, 4.69) is 21.2 Å². The highest BCUT2D eigenvalue weighted by Crippen LogP contribution is 2.09. The van der Waals surface area contributed by atoms with E-state index in [4.69, 9.17) is 0 Å². The summed E-state index contributed by atoms with van der Waals surface area (Å²) in [5.41, 5.74) is 6.19. The first kappa shape index (κ1) is 12.0. The molecular formula is C11H13N5O2. The number of hydrazine groups is 1. The van der Waals surface area contributed by atoms with Crippen molar-refractivity contribution in [3.63, 3.8) is 0 Å². The Labute approximate surface area is 103 Å². The van der Waals surface area contributed by atoms with Gasteiger partial charge in [0.1, 0.15) is 5.52 Å². The minimum atomic E-state index is -0.311. The molecule has 0 aliphatic heterocycles. The zero-order valence-electron chi connectivity index (χ0n) is 9.88. The summed E-state index contributed by atoms with van der Waals surface area (Å²) in [6.45, 7) is 1.73. The summed E-state index contributed by atoms with van der Waals surface area (Å²) in [5.74, 6) is -0.584. The molecule has 0 aliphatic carbocycles. The van der Waals surface area contributed by atoms with Gasteiger partial charge in [0.15, 0.2) is 0 Å². The van der Waals surface area contributed by atoms with Crippen LogP contribution in [0.1, 0.15) is 13.3 Å². The highest BCUT2D eigenvalue weighted by atomic mass is 16.2. The van der Waals surface area contributed by atoms with Crippen LogP contribution < -0.4 is 10.9 Å². The van der Waals surface area contributed by atoms with Crippen molar-refractivity contribution >= 4 is 22.8 Å². The number of rotatable bonds is 3. The van der Waals surface area contributed by atoms with E-state index in [1.165, 1.54) is 6.92 Å². The molecule has 2 aromatic rings. The number of aromatic nitrogens is 3. The second kappa shape index (κ2) is 5.26. The zero-order chi connectivity index (χ0) is 13.0. The predicted molar refractivity (Wildman–Crippen MR) is 64.1 cm³/mol. The Morgan fingerprint density at radius 1 is 1.28 bits per heavy atom. The van der Waals surface area contributed by atoms with Gasteiger partial charge < -0.3 is 0 Å². The summed E-state index contributed by atoms with van der Waals surface area (Å²) in [6.07, 6.45) is 0.216. The Kier molecular flexibility index (Phi) is 3.52. The lowest BCUT2D eigenvalue weighted by Crippen LogP contribution is -2.40. The molecule has 0 radical (unpaired) electrons. The van der Waals surface area contributed by atoms with E-state index in [9.17, 15) is 9.59 Å². The summed E-state index contributed by atoms with van der Waals surface area (Å²) in [4.78, 5) is 22.0. The highest BCUT2D eigenvalue weighted by Gasteiger charge is 2.06. The second-order valence-corrected chi connectivity index (χ2v) is 3.78. The van der Waals surface area contributed by atoms with Crippen molar-refractivity contribution in [2.45, 2.75) is 19.9 Å². The highest BCUT2D eigenvalue weighted by molar-refractivity contribution is 5.80. The van der Waals surface area contributed by atoms with Gasteiger partial charge in [0.05, 0.1) is 12.1 Å². The molecule has 2 N–H and O–H groups in total. The molecule has 0 spiro atoms. The molecular weight excluding hydrogens is 234 g/mol. The molecule has 1 aromatic heterocycles. The molecule has 18 heavy (non-hydrogen) atoms. The Hall–Kier alpha value is -2.44. The van der Waals surface area contributed by atoms with Crippen molar-refractivity contribution in [1.82, 2.24) is 25.8 Å². The minimum absolute atomic E-state index is 0.216. The Bertz CT molecular complexity index is 578. The quantitative estimate of drug-likeness (QED) is 0.746. The first-order valence-corrected chi connectivity index (χ1v) is 5.50. The van der Waals surface area contributed by atoms with Crippen molar-refractivity contribution in [2.75, 3.05) is 0 Å². The first-order valence-electron chi connectivity index (χ1n) is 5.50. The Morgan fingerprint density at radius 2 is 2.06 bits per heavy atom. The Balaban J connectivity index is 1.94. The van der Waals surface area contributed by atoms with E-state index in [-0.39, 0.29) is 18.2 Å². The van der Waals surface area contributed by atoms with Gasteiger partial charge in [0.25, 0.3) is 0 Å². The van der Waals surface area contributed by atoms with Crippen molar-refractivity contribution < 1.29 is 9.59 Å². The van der Waals surface area contributed by atoms with Gasteiger partial charge in [-0.25, -0.2) is 4.68 Å². The zero-order valence-corrected chi connectivity index (χ0v) is 9.88. The number of nitrogens with one attached hydrogen (secondary N) is 2. The molecule has 7 nitrogen and oxygen atoms in total. The smallest absolute Gasteiger partial charge is 0.240 e. The van der Waals surface area contributed by atoms with Gasteiger partial charge in [-0.2, -0.15) is 0 Å². The monoisotopic (exact) mass is 247 g/mol. The first-order chi connectivity index (χ1) is 8.66. The van der Waals surface area contributed by atoms with Crippen LogP contribution in [0, 0.1) is 0 Å². The number of benzene rings is 1. The van der Waals surface area contributed by atoms with Crippen molar-refractivity contribution in [3.8, 4) is 0 Å². The summed E-state index contributed by atoms with van der Waals surface area (Å²) < 4.78 is 1.66. The molecule has 0 atom stereocenters. The number of hydrogen-bond acceptors (Lipinski definition) is 4. The molecule has 0 saturated carbocycles. The number of fused-ring (bicyclic) bond motifs is 1. The molecule has 0 unspecified atom stereocenters. The van der Waals surface area contributed by atoms with Crippen LogP contribution in [0.25, 0.3) is 11.0 Å². The van der Waals surface area contributed by atoms with Crippen molar-refractivity contribution in [2.24, 2.45) is 0 Å². The molecule has 1 aromatic carbocycles. The number of nitrogens with zero attached hydrogens (tertiary/aromatic N) is 3. The van der Waals surface area contributed by atoms with E-state index < -0.39 is 0 Å². The fourth-order valence-electron chi connectivity index (χ4n) is 1.51. The largest absolute Gasteiger partial charge is 0.274 e. The van der Waals surface area contributed by atoms with Crippen LogP contribution in [0.15, 0.2) is 24.3 Å². The average Bonchev–Trinajstić information content (AvgIpc) is 2.77. The molecule has 2 rings (SSSR count). The summed E-state index contributed by atoms with van der Waals surface area (Å²) >= 11 is 0. The van der Waals surface area contributed by atoms with Gasteiger partial charge >= 0.3 is 0 Å². The van der Waals surface area contributed by atoms with Crippen molar-refractivity contribution in [3.05, 3.63) is 24.3 Å². The standard InChI is InChI=1S/C11H13N5O2/c1-8(17)12-14-11(18)6-7-16-10-5-3-2-4-9(10)13-15-16/h2-5H,6-7H2,1H3,(H,12,17)(H,14,18). The lowest BCUT2D eigenvalue weighted by Gasteiger charge is -2.05. The number of aryl methyl sites for hydroxylation is 1. The molecule has 0 aliphatic rings. The number of para-hydroxylation sites is 1. The number of carbonyl (C=O) groups excluding carboxylic acids is 2. The SMILES string of the molecule is CC(=O)NNC(=O)CCn1nnc2ccccc21. The molecule has 94 valence electrons. The minimum Gasteiger partial charge on any atom is -0.274 e. The topological polar surface area (TPSA) is 88.9 Å². The Morgan fingerprint density at radius 3 is 2.83 bits per heavy atom. The molecule has 1 heterocycles. The number of carbonyl (C=O) groups is 2. The van der Waals surface area contributed by atoms with Gasteiger partial charge in [-0.15, -0.1) is 5.10 Å². The van der Waals surface area contributed by atoms with E-state index in [0.29, 0.717) is 6.54 Å². The lowest BCUT2D eigenvalue weighted by molar-refractivity contribution is -0.128. The van der Waals surface area contributed by atoms with Crippen LogP contribution in [0.3, 0.4) is 0 Å². The second-order valence-electron chi connectivity index (χ2n) is 3.78. The van der Waals surface area contributed by atoms with Gasteiger partial charge in [0.2, 0.25) is 11.8 Å². The summed E-state index contributed by atoms with van der Waals surface area (Å²) in [7, 11) is 0. The molecule has 0 saturated heterocycles. The third kappa shape index (κ3) is 2.82. The molecule has 7 heteroatoms. The summed E-state index contributed by atoms with van der Waals surface area (Å²) in [5, 5.41) is 7.94. The molecule has 0 fully saturated rings. The third-order valence-corrected chi connectivity index (χ3v) is 2.35. The van der Waals surface area contributed by atoms with E-state index >= 15 is 0 Å². The van der Waals surface area contributed by atoms with Crippen LogP contribution in [0.4, 0.5) is 0 Å². The maximum Gasteiger partial charge on any atom is 0.240 e.